The van der Waals surface area contributed by atoms with E-state index in [2.05, 4.69) is 6.07 Å². The Morgan fingerprint density at radius 1 is 1.32 bits per heavy atom. The van der Waals surface area contributed by atoms with Crippen molar-refractivity contribution in [3.63, 3.8) is 0 Å². The molecule has 1 aliphatic carbocycles. The molecule has 0 heterocycles. The maximum atomic E-state index is 12.3. The van der Waals surface area contributed by atoms with Crippen LogP contribution in [0, 0.1) is 0 Å². The Labute approximate surface area is 115 Å². The van der Waals surface area contributed by atoms with Gasteiger partial charge in [0.15, 0.2) is 0 Å². The number of nitrogens with two attached hydrogens (primary N) is 1. The molecule has 0 radical (unpaired) electrons. The first kappa shape index (κ1) is 14.5. The van der Waals surface area contributed by atoms with Gasteiger partial charge in [0.05, 0.1) is 5.75 Å². The summed E-state index contributed by atoms with van der Waals surface area (Å²) in [5, 5.41) is 0. The zero-order valence-electron chi connectivity index (χ0n) is 11.4. The number of sulfonamides is 1. The van der Waals surface area contributed by atoms with E-state index in [1.807, 2.05) is 18.2 Å². The van der Waals surface area contributed by atoms with Crippen LogP contribution in [0.5, 0.6) is 0 Å². The Kier molecular flexibility index (Phi) is 4.60. The predicted molar refractivity (Wildman–Crippen MR) is 77.3 cm³/mol. The van der Waals surface area contributed by atoms with Crippen molar-refractivity contribution in [2.75, 3.05) is 19.3 Å². The zero-order valence-corrected chi connectivity index (χ0v) is 12.2. The van der Waals surface area contributed by atoms with Crippen molar-refractivity contribution in [1.29, 1.82) is 0 Å². The molecular weight excluding hydrogens is 260 g/mol. The molecule has 0 amide bonds. The number of benzene rings is 1. The second-order valence-corrected chi connectivity index (χ2v) is 7.23. The summed E-state index contributed by atoms with van der Waals surface area (Å²) in [6.45, 7) is 0.547. The van der Waals surface area contributed by atoms with Gasteiger partial charge in [-0.3, -0.25) is 0 Å². The third kappa shape index (κ3) is 3.16. The number of hydrogen-bond donors (Lipinski definition) is 1. The summed E-state index contributed by atoms with van der Waals surface area (Å²) in [4.78, 5) is 0. The van der Waals surface area contributed by atoms with Gasteiger partial charge in [0.2, 0.25) is 10.0 Å². The third-order valence-corrected chi connectivity index (χ3v) is 5.77. The van der Waals surface area contributed by atoms with Crippen molar-refractivity contribution in [3.8, 4) is 0 Å². The van der Waals surface area contributed by atoms with E-state index in [-0.39, 0.29) is 11.8 Å². The highest BCUT2D eigenvalue weighted by atomic mass is 32.2. The Balaban J connectivity index is 2.10. The smallest absolute Gasteiger partial charge is 0.214 e. The summed E-state index contributed by atoms with van der Waals surface area (Å²) in [6.07, 6.45) is 3.24. The van der Waals surface area contributed by atoms with E-state index >= 15 is 0 Å². The second-order valence-electron chi connectivity index (χ2n) is 5.08. The molecular formula is C14H22N2O2S. The first-order valence-corrected chi connectivity index (χ1v) is 8.41. The monoisotopic (exact) mass is 282 g/mol. The van der Waals surface area contributed by atoms with E-state index < -0.39 is 10.0 Å². The number of aryl methyl sites for hydroxylation is 1. The molecule has 0 saturated heterocycles. The molecule has 5 heteroatoms. The van der Waals surface area contributed by atoms with Crippen LogP contribution in [0.2, 0.25) is 0 Å². The van der Waals surface area contributed by atoms with Crippen molar-refractivity contribution < 1.29 is 8.42 Å². The van der Waals surface area contributed by atoms with Gasteiger partial charge in [-0.1, -0.05) is 24.3 Å². The number of rotatable bonds is 6. The second kappa shape index (κ2) is 6.03. The van der Waals surface area contributed by atoms with Crippen molar-refractivity contribution in [3.05, 3.63) is 35.4 Å². The molecule has 0 saturated carbocycles. The molecule has 2 N–H and O–H groups in total. The van der Waals surface area contributed by atoms with Gasteiger partial charge < -0.3 is 5.73 Å². The Hall–Kier alpha value is -0.910. The number of hydrogen-bond acceptors (Lipinski definition) is 3. The van der Waals surface area contributed by atoms with Crippen LogP contribution >= 0.6 is 0 Å². The fraction of sp³-hybridized carbons (Fsp3) is 0.571. The van der Waals surface area contributed by atoms with Crippen LogP contribution < -0.4 is 5.73 Å². The van der Waals surface area contributed by atoms with Gasteiger partial charge in [0, 0.05) is 13.1 Å². The average Bonchev–Trinajstić information content (AvgIpc) is 2.81. The lowest BCUT2D eigenvalue weighted by Gasteiger charge is -2.24. The number of fused-ring (bicyclic) bond motifs is 1. The maximum absolute atomic E-state index is 12.3. The molecule has 2 rings (SSSR count). The topological polar surface area (TPSA) is 63.4 Å². The first-order chi connectivity index (χ1) is 9.06. The van der Waals surface area contributed by atoms with E-state index in [1.54, 1.807) is 11.4 Å². The molecule has 1 aromatic rings. The lowest BCUT2D eigenvalue weighted by molar-refractivity contribution is 0.373. The third-order valence-electron chi connectivity index (χ3n) is 3.84. The first-order valence-electron chi connectivity index (χ1n) is 6.80. The van der Waals surface area contributed by atoms with Gasteiger partial charge in [-0.2, -0.15) is 4.31 Å². The summed E-state index contributed by atoms with van der Waals surface area (Å²) in [6, 6.07) is 8.12. The van der Waals surface area contributed by atoms with Gasteiger partial charge in [0.25, 0.3) is 0 Å². The summed E-state index contributed by atoms with van der Waals surface area (Å²) < 4.78 is 26.1. The Morgan fingerprint density at radius 2 is 2.05 bits per heavy atom. The van der Waals surface area contributed by atoms with Gasteiger partial charge in [-0.05, 0) is 43.4 Å². The average molecular weight is 282 g/mol. The minimum atomic E-state index is -3.18. The Bertz CT molecular complexity index is 528. The molecule has 19 heavy (non-hydrogen) atoms. The van der Waals surface area contributed by atoms with Crippen molar-refractivity contribution in [2.24, 2.45) is 5.73 Å². The quantitative estimate of drug-likeness (QED) is 0.807. The van der Waals surface area contributed by atoms with Crippen LogP contribution in [0.25, 0.3) is 0 Å². The van der Waals surface area contributed by atoms with Crippen LogP contribution in [0.3, 0.4) is 0 Å². The molecule has 0 spiro atoms. The highest BCUT2D eigenvalue weighted by Crippen LogP contribution is 2.36. The highest BCUT2D eigenvalue weighted by molar-refractivity contribution is 7.89. The molecule has 1 unspecified atom stereocenters. The zero-order chi connectivity index (χ0) is 13.9. The minimum absolute atomic E-state index is 0.000855. The molecule has 0 bridgehead atoms. The van der Waals surface area contributed by atoms with Gasteiger partial charge in [0.1, 0.15) is 0 Å². The SMILES string of the molecule is CN(C1CCc2ccccc21)S(=O)(=O)CCCCN. The molecule has 4 nitrogen and oxygen atoms in total. The molecule has 0 aliphatic heterocycles. The summed E-state index contributed by atoms with van der Waals surface area (Å²) in [5.41, 5.74) is 7.85. The van der Waals surface area contributed by atoms with Crippen LogP contribution in [-0.2, 0) is 16.4 Å². The van der Waals surface area contributed by atoms with Crippen molar-refractivity contribution >= 4 is 10.0 Å². The van der Waals surface area contributed by atoms with Crippen LogP contribution in [0.15, 0.2) is 24.3 Å². The molecule has 106 valence electrons. The van der Waals surface area contributed by atoms with Crippen LogP contribution in [-0.4, -0.2) is 32.1 Å². The van der Waals surface area contributed by atoms with Gasteiger partial charge in [-0.15, -0.1) is 0 Å². The number of unbranched alkanes of at least 4 members (excludes halogenated alkanes) is 1. The highest BCUT2D eigenvalue weighted by Gasteiger charge is 2.31. The number of nitrogens with zero attached hydrogens (tertiary/aromatic N) is 1. The fourth-order valence-electron chi connectivity index (χ4n) is 2.68. The summed E-state index contributed by atoms with van der Waals surface area (Å²) in [7, 11) is -1.48. The van der Waals surface area contributed by atoms with E-state index in [1.165, 1.54) is 5.56 Å². The van der Waals surface area contributed by atoms with E-state index in [4.69, 9.17) is 5.73 Å². The van der Waals surface area contributed by atoms with Gasteiger partial charge >= 0.3 is 0 Å². The van der Waals surface area contributed by atoms with Crippen molar-refractivity contribution in [2.45, 2.75) is 31.7 Å². The lowest BCUT2D eigenvalue weighted by atomic mass is 10.1. The normalized spacial score (nSPS) is 18.8. The molecule has 0 aromatic heterocycles. The van der Waals surface area contributed by atoms with E-state index in [0.29, 0.717) is 13.0 Å². The molecule has 0 fully saturated rings. The maximum Gasteiger partial charge on any atom is 0.214 e. The summed E-state index contributed by atoms with van der Waals surface area (Å²) >= 11 is 0. The minimum Gasteiger partial charge on any atom is -0.330 e. The van der Waals surface area contributed by atoms with E-state index in [9.17, 15) is 8.42 Å². The Morgan fingerprint density at radius 3 is 2.79 bits per heavy atom. The standard InChI is InChI=1S/C14H22N2O2S/c1-16(19(17,18)11-5-4-10-15)14-9-8-12-6-2-3-7-13(12)14/h2-3,6-7,14H,4-5,8-11,15H2,1H3. The van der Waals surface area contributed by atoms with E-state index in [0.717, 1.165) is 24.8 Å². The largest absolute Gasteiger partial charge is 0.330 e. The van der Waals surface area contributed by atoms with Crippen LogP contribution in [0.1, 0.15) is 36.4 Å². The molecule has 1 aromatic carbocycles. The molecule has 1 atom stereocenters. The fourth-order valence-corrected chi connectivity index (χ4v) is 4.14. The molecule has 1 aliphatic rings. The van der Waals surface area contributed by atoms with Gasteiger partial charge in [-0.25, -0.2) is 8.42 Å². The lowest BCUT2D eigenvalue weighted by Crippen LogP contribution is -2.32. The van der Waals surface area contributed by atoms with Crippen molar-refractivity contribution in [1.82, 2.24) is 4.31 Å². The summed E-state index contributed by atoms with van der Waals surface area (Å²) in [5.74, 6) is 0.194. The van der Waals surface area contributed by atoms with Crippen LogP contribution in [0.4, 0.5) is 0 Å². The predicted octanol–water partition coefficient (Wildman–Crippen LogP) is 1.67.